The molecule has 0 spiro atoms. The largest absolute Gasteiger partial charge is 0.497 e. The maximum absolute atomic E-state index is 11.6. The molecule has 1 aromatic carbocycles. The number of rotatable bonds is 9. The van der Waals surface area contributed by atoms with Crippen LogP contribution in [0.15, 0.2) is 29.3 Å². The second-order valence-electron chi connectivity index (χ2n) is 7.22. The molecule has 1 amide bonds. The minimum atomic E-state index is -0.699. The van der Waals surface area contributed by atoms with Crippen LogP contribution in [0.5, 0.6) is 5.75 Å². The maximum Gasteiger partial charge on any atom is 0.407 e. The van der Waals surface area contributed by atoms with Gasteiger partial charge in [-0.05, 0) is 51.8 Å². The van der Waals surface area contributed by atoms with Gasteiger partial charge in [-0.1, -0.05) is 12.1 Å². The zero-order chi connectivity index (χ0) is 21.0. The molecule has 1 unspecified atom stereocenters. The normalized spacial score (nSPS) is 12.9. The highest BCUT2D eigenvalue weighted by atomic mass is 16.6. The van der Waals surface area contributed by atoms with Gasteiger partial charge in [0.05, 0.1) is 19.8 Å². The summed E-state index contributed by atoms with van der Waals surface area (Å²) in [5, 5.41) is 19.3. The predicted molar refractivity (Wildman–Crippen MR) is 111 cm³/mol. The van der Waals surface area contributed by atoms with Crippen molar-refractivity contribution in [1.82, 2.24) is 16.0 Å². The van der Waals surface area contributed by atoms with Gasteiger partial charge in [-0.25, -0.2) is 4.79 Å². The number of ether oxygens (including phenoxy) is 2. The van der Waals surface area contributed by atoms with Crippen LogP contribution in [0.4, 0.5) is 4.79 Å². The molecule has 4 N–H and O–H groups in total. The summed E-state index contributed by atoms with van der Waals surface area (Å²) in [5.74, 6) is 1.36. The fourth-order valence-corrected chi connectivity index (χ4v) is 2.25. The summed E-state index contributed by atoms with van der Waals surface area (Å²) in [4.78, 5) is 16.0. The number of alkyl carbamates (subject to hydrolysis) is 1. The zero-order valence-corrected chi connectivity index (χ0v) is 17.5. The summed E-state index contributed by atoms with van der Waals surface area (Å²) in [6, 6.07) is 7.26. The summed E-state index contributed by atoms with van der Waals surface area (Å²) >= 11 is 0. The third kappa shape index (κ3) is 10.0. The van der Waals surface area contributed by atoms with Gasteiger partial charge in [0.2, 0.25) is 0 Å². The molecule has 28 heavy (non-hydrogen) atoms. The van der Waals surface area contributed by atoms with Gasteiger partial charge in [0.1, 0.15) is 11.4 Å². The molecule has 0 bridgehead atoms. The molecule has 0 aliphatic rings. The minimum Gasteiger partial charge on any atom is -0.497 e. The van der Waals surface area contributed by atoms with Crippen LogP contribution in [0.3, 0.4) is 0 Å². The van der Waals surface area contributed by atoms with E-state index in [9.17, 15) is 9.90 Å². The Balaban J connectivity index is 2.39. The van der Waals surface area contributed by atoms with Crippen molar-refractivity contribution in [3.63, 3.8) is 0 Å². The Labute approximate surface area is 167 Å². The first-order valence-electron chi connectivity index (χ1n) is 9.56. The molecule has 0 aromatic heterocycles. The standard InChI is InChI=1S/C20H34N4O4/c1-6-21-18(22-12-7-13-23-19(26)28-20(2,3)4)24-14-17(25)15-8-10-16(27-5)11-9-15/h8-11,17,25H,6-7,12-14H2,1-5H3,(H,23,26)(H2,21,22,24). The molecule has 0 radical (unpaired) electrons. The highest BCUT2D eigenvalue weighted by Gasteiger charge is 2.15. The van der Waals surface area contributed by atoms with E-state index in [1.807, 2.05) is 52.0 Å². The smallest absolute Gasteiger partial charge is 0.407 e. The molecule has 1 rings (SSSR count). The molecule has 0 fully saturated rings. The monoisotopic (exact) mass is 394 g/mol. The van der Waals surface area contributed by atoms with Gasteiger partial charge >= 0.3 is 6.09 Å². The van der Waals surface area contributed by atoms with Crippen LogP contribution in [0.2, 0.25) is 0 Å². The van der Waals surface area contributed by atoms with Gasteiger partial charge in [-0.15, -0.1) is 0 Å². The fourth-order valence-electron chi connectivity index (χ4n) is 2.25. The lowest BCUT2D eigenvalue weighted by Gasteiger charge is -2.19. The number of methoxy groups -OCH3 is 1. The number of nitrogens with zero attached hydrogens (tertiary/aromatic N) is 1. The Morgan fingerprint density at radius 3 is 2.36 bits per heavy atom. The summed E-state index contributed by atoms with van der Waals surface area (Å²) in [6.07, 6.45) is -0.407. The van der Waals surface area contributed by atoms with Crippen LogP contribution in [0.25, 0.3) is 0 Å². The number of carbonyl (C=O) groups excluding carboxylic acids is 1. The van der Waals surface area contributed by atoms with Crippen molar-refractivity contribution in [2.75, 3.05) is 33.3 Å². The van der Waals surface area contributed by atoms with Gasteiger partial charge in [-0.2, -0.15) is 0 Å². The molecular weight excluding hydrogens is 360 g/mol. The highest BCUT2D eigenvalue weighted by Crippen LogP contribution is 2.17. The van der Waals surface area contributed by atoms with E-state index in [1.54, 1.807) is 7.11 Å². The van der Waals surface area contributed by atoms with Crippen LogP contribution >= 0.6 is 0 Å². The first-order valence-corrected chi connectivity index (χ1v) is 9.56. The highest BCUT2D eigenvalue weighted by molar-refractivity contribution is 5.79. The van der Waals surface area contributed by atoms with Crippen LogP contribution in [-0.2, 0) is 4.74 Å². The number of guanidine groups is 1. The molecule has 0 aliphatic heterocycles. The van der Waals surface area contributed by atoms with Gasteiger partial charge in [-0.3, -0.25) is 4.99 Å². The molecule has 0 aliphatic carbocycles. The predicted octanol–water partition coefficient (Wildman–Crippen LogP) is 2.20. The quantitative estimate of drug-likeness (QED) is 0.291. The maximum atomic E-state index is 11.6. The number of nitrogens with one attached hydrogen (secondary N) is 3. The fraction of sp³-hybridized carbons (Fsp3) is 0.600. The summed E-state index contributed by atoms with van der Waals surface area (Å²) in [6.45, 7) is 9.52. The average Bonchev–Trinajstić information content (AvgIpc) is 2.64. The number of carbonyl (C=O) groups is 1. The van der Waals surface area contributed by atoms with E-state index in [-0.39, 0.29) is 6.54 Å². The topological polar surface area (TPSA) is 104 Å². The van der Waals surface area contributed by atoms with Crippen molar-refractivity contribution in [3.8, 4) is 5.75 Å². The molecule has 1 aromatic rings. The lowest BCUT2D eigenvalue weighted by molar-refractivity contribution is 0.0527. The first-order chi connectivity index (χ1) is 13.2. The molecule has 8 nitrogen and oxygen atoms in total. The number of aliphatic imine (C=N–C) groups is 1. The van der Waals surface area contributed by atoms with E-state index in [2.05, 4.69) is 20.9 Å². The summed E-state index contributed by atoms with van der Waals surface area (Å²) in [7, 11) is 1.60. The van der Waals surface area contributed by atoms with Crippen LogP contribution in [0, 0.1) is 0 Å². The van der Waals surface area contributed by atoms with Crippen LogP contribution in [0.1, 0.15) is 45.8 Å². The number of hydrogen-bond acceptors (Lipinski definition) is 5. The van der Waals surface area contributed by atoms with E-state index in [0.29, 0.717) is 32.0 Å². The Kier molecular flexibility index (Phi) is 10.2. The Morgan fingerprint density at radius 2 is 1.79 bits per heavy atom. The van der Waals surface area contributed by atoms with Gasteiger partial charge < -0.3 is 30.5 Å². The molecule has 0 heterocycles. The van der Waals surface area contributed by atoms with Gasteiger partial charge in [0, 0.05) is 19.6 Å². The van der Waals surface area contributed by atoms with Crippen molar-refractivity contribution in [1.29, 1.82) is 0 Å². The third-order valence-electron chi connectivity index (χ3n) is 3.58. The van der Waals surface area contributed by atoms with Crippen LogP contribution < -0.4 is 20.7 Å². The molecular formula is C20H34N4O4. The van der Waals surface area contributed by atoms with Crippen LogP contribution in [-0.4, -0.2) is 56.0 Å². The van der Waals surface area contributed by atoms with E-state index in [0.717, 1.165) is 11.3 Å². The summed E-state index contributed by atoms with van der Waals surface area (Å²) in [5.41, 5.74) is 0.278. The van der Waals surface area contributed by atoms with Crippen molar-refractivity contribution < 1.29 is 19.4 Å². The number of benzene rings is 1. The Bertz CT molecular complexity index is 612. The van der Waals surface area contributed by atoms with Crippen molar-refractivity contribution in [2.45, 2.75) is 45.8 Å². The lowest BCUT2D eigenvalue weighted by atomic mass is 10.1. The van der Waals surface area contributed by atoms with E-state index >= 15 is 0 Å². The lowest BCUT2D eigenvalue weighted by Crippen LogP contribution is -2.39. The second-order valence-corrected chi connectivity index (χ2v) is 7.22. The van der Waals surface area contributed by atoms with E-state index < -0.39 is 17.8 Å². The summed E-state index contributed by atoms with van der Waals surface area (Å²) < 4.78 is 10.3. The zero-order valence-electron chi connectivity index (χ0n) is 17.5. The van der Waals surface area contributed by atoms with Crippen molar-refractivity contribution in [2.24, 2.45) is 4.99 Å². The molecule has 158 valence electrons. The third-order valence-corrected chi connectivity index (χ3v) is 3.58. The average molecular weight is 395 g/mol. The molecule has 0 saturated carbocycles. The van der Waals surface area contributed by atoms with Gasteiger partial charge in [0.25, 0.3) is 0 Å². The number of hydrogen-bond donors (Lipinski definition) is 4. The Morgan fingerprint density at radius 1 is 1.14 bits per heavy atom. The molecule has 1 atom stereocenters. The SMILES string of the molecule is CCNC(=NCC(O)c1ccc(OC)cc1)NCCCNC(=O)OC(C)(C)C. The van der Waals surface area contributed by atoms with Crippen molar-refractivity contribution >= 4 is 12.1 Å². The Hall–Kier alpha value is -2.48. The minimum absolute atomic E-state index is 0.234. The van der Waals surface area contributed by atoms with E-state index in [1.165, 1.54) is 0 Å². The van der Waals surface area contributed by atoms with Gasteiger partial charge in [0.15, 0.2) is 5.96 Å². The first kappa shape index (κ1) is 23.6. The molecule has 0 saturated heterocycles. The number of amides is 1. The molecule has 8 heteroatoms. The second kappa shape index (κ2) is 12.1. The van der Waals surface area contributed by atoms with E-state index in [4.69, 9.17) is 9.47 Å². The van der Waals surface area contributed by atoms with Crippen molar-refractivity contribution in [3.05, 3.63) is 29.8 Å². The number of aliphatic hydroxyl groups is 1. The number of aliphatic hydroxyl groups excluding tert-OH is 1.